The Labute approximate surface area is 60.5 Å². The smallest absolute Gasteiger partial charge is 0.114 e. The average molecular weight is 133 g/mol. The first kappa shape index (κ1) is 5.71. The molecule has 10 heavy (non-hydrogen) atoms. The molecule has 1 aromatic rings. The zero-order chi connectivity index (χ0) is 6.81. The zero-order valence-electron chi connectivity index (χ0n) is 5.75. The van der Waals surface area contributed by atoms with E-state index in [9.17, 15) is 0 Å². The summed E-state index contributed by atoms with van der Waals surface area (Å²) in [6, 6.07) is 4.00. The van der Waals surface area contributed by atoms with Crippen LogP contribution in [-0.2, 0) is 0 Å². The van der Waals surface area contributed by atoms with Crippen LogP contribution in [0.3, 0.4) is 0 Å². The zero-order valence-corrected chi connectivity index (χ0v) is 5.75. The van der Waals surface area contributed by atoms with E-state index in [1.54, 1.807) is 6.20 Å². The fraction of sp³-hybridized carbons (Fsp3) is 0.375. The highest BCUT2D eigenvalue weighted by molar-refractivity contribution is 5.44. The van der Waals surface area contributed by atoms with Gasteiger partial charge in [-0.15, -0.1) is 0 Å². The lowest BCUT2D eigenvalue weighted by atomic mass is 10.2. The van der Waals surface area contributed by atoms with Crippen molar-refractivity contribution in [1.82, 2.24) is 4.98 Å². The Morgan fingerprint density at radius 2 is 2.40 bits per heavy atom. The van der Waals surface area contributed by atoms with Crippen LogP contribution in [0.2, 0.25) is 0 Å². The summed E-state index contributed by atoms with van der Waals surface area (Å²) in [7, 11) is 0. The topological polar surface area (TPSA) is 16.1 Å². The van der Waals surface area contributed by atoms with Gasteiger partial charge in [0.1, 0.15) is 6.20 Å². The van der Waals surface area contributed by atoms with Crippen molar-refractivity contribution in [3.05, 3.63) is 24.5 Å². The summed E-state index contributed by atoms with van der Waals surface area (Å²) in [5.41, 5.74) is 1.13. The van der Waals surface area contributed by atoms with Crippen molar-refractivity contribution in [2.45, 2.75) is 6.42 Å². The molecule has 0 amide bonds. The molecule has 1 aromatic heterocycles. The fourth-order valence-electron chi connectivity index (χ4n) is 1.05. The molecular formula is C8H9N2. The lowest BCUT2D eigenvalue weighted by Gasteiger charge is -2.32. The van der Waals surface area contributed by atoms with E-state index in [-0.39, 0.29) is 0 Å². The Balaban J connectivity index is 2.18. The van der Waals surface area contributed by atoms with E-state index in [0.29, 0.717) is 0 Å². The number of rotatable bonds is 1. The Kier molecular flexibility index (Phi) is 1.31. The van der Waals surface area contributed by atoms with Crippen molar-refractivity contribution >= 4 is 5.69 Å². The summed E-state index contributed by atoms with van der Waals surface area (Å²) in [5.74, 6) is 0. The van der Waals surface area contributed by atoms with Gasteiger partial charge in [0.05, 0.1) is 5.69 Å². The second-order valence-corrected chi connectivity index (χ2v) is 2.47. The maximum atomic E-state index is 3.92. The quantitative estimate of drug-likeness (QED) is 0.570. The maximum Gasteiger partial charge on any atom is 0.114 e. The van der Waals surface area contributed by atoms with Crippen LogP contribution >= 0.6 is 0 Å². The largest absolute Gasteiger partial charge is 0.370 e. The molecule has 0 N–H and O–H groups in total. The standard InChI is InChI=1S/C8H9N2/c1-3-8(7-9-4-1)10-5-2-6-10/h1,3-4H,2,5-6H2. The molecule has 0 aromatic carbocycles. The Bertz CT molecular complexity index is 204. The molecular weight excluding hydrogens is 124 g/mol. The number of nitrogens with zero attached hydrogens (tertiary/aromatic N) is 2. The van der Waals surface area contributed by atoms with Gasteiger partial charge in [-0.05, 0) is 18.6 Å². The second kappa shape index (κ2) is 2.29. The van der Waals surface area contributed by atoms with Crippen molar-refractivity contribution in [2.24, 2.45) is 0 Å². The molecule has 1 fully saturated rings. The van der Waals surface area contributed by atoms with E-state index in [2.05, 4.69) is 16.1 Å². The third-order valence-electron chi connectivity index (χ3n) is 1.79. The minimum atomic E-state index is 1.13. The van der Waals surface area contributed by atoms with Gasteiger partial charge in [-0.3, -0.25) is 4.98 Å². The van der Waals surface area contributed by atoms with E-state index in [1.165, 1.54) is 19.5 Å². The van der Waals surface area contributed by atoms with Gasteiger partial charge >= 0.3 is 0 Å². The molecule has 1 radical (unpaired) electrons. The van der Waals surface area contributed by atoms with E-state index in [0.717, 1.165) is 5.69 Å². The average Bonchev–Trinajstić information content (AvgIpc) is 1.86. The number of pyridine rings is 1. The summed E-state index contributed by atoms with van der Waals surface area (Å²) < 4.78 is 0. The summed E-state index contributed by atoms with van der Waals surface area (Å²) in [4.78, 5) is 6.19. The number of aromatic nitrogens is 1. The molecule has 0 unspecified atom stereocenters. The third-order valence-corrected chi connectivity index (χ3v) is 1.79. The van der Waals surface area contributed by atoms with Crippen LogP contribution in [0.15, 0.2) is 18.3 Å². The Morgan fingerprint density at radius 3 is 2.90 bits per heavy atom. The lowest BCUT2D eigenvalue weighted by Crippen LogP contribution is -2.36. The van der Waals surface area contributed by atoms with Gasteiger partial charge in [-0.2, -0.15) is 0 Å². The molecule has 0 aliphatic carbocycles. The minimum absolute atomic E-state index is 1.13. The number of hydrogen-bond donors (Lipinski definition) is 0. The number of hydrogen-bond acceptors (Lipinski definition) is 2. The van der Waals surface area contributed by atoms with E-state index in [1.807, 2.05) is 12.1 Å². The molecule has 0 atom stereocenters. The van der Waals surface area contributed by atoms with Crippen LogP contribution in [0.25, 0.3) is 0 Å². The Hall–Kier alpha value is -1.05. The first-order valence-electron chi connectivity index (χ1n) is 3.54. The highest BCUT2D eigenvalue weighted by Crippen LogP contribution is 2.17. The molecule has 51 valence electrons. The van der Waals surface area contributed by atoms with E-state index < -0.39 is 0 Å². The molecule has 0 bridgehead atoms. The maximum absolute atomic E-state index is 3.92. The van der Waals surface area contributed by atoms with Crippen LogP contribution in [0.1, 0.15) is 6.42 Å². The van der Waals surface area contributed by atoms with Gasteiger partial charge in [-0.25, -0.2) is 0 Å². The van der Waals surface area contributed by atoms with E-state index >= 15 is 0 Å². The van der Waals surface area contributed by atoms with Crippen LogP contribution in [0.5, 0.6) is 0 Å². The van der Waals surface area contributed by atoms with Crippen molar-refractivity contribution in [2.75, 3.05) is 18.0 Å². The molecule has 0 spiro atoms. The first-order chi connectivity index (χ1) is 4.97. The van der Waals surface area contributed by atoms with Crippen molar-refractivity contribution < 1.29 is 0 Å². The molecule has 2 rings (SSSR count). The van der Waals surface area contributed by atoms with Crippen molar-refractivity contribution in [1.29, 1.82) is 0 Å². The summed E-state index contributed by atoms with van der Waals surface area (Å²) in [6.45, 7) is 2.34. The molecule has 2 heterocycles. The normalized spacial score (nSPS) is 16.6. The highest BCUT2D eigenvalue weighted by Gasteiger charge is 2.13. The molecule has 1 aliphatic rings. The van der Waals surface area contributed by atoms with Crippen molar-refractivity contribution in [3.63, 3.8) is 0 Å². The molecule has 1 saturated heterocycles. The summed E-state index contributed by atoms with van der Waals surface area (Å²) in [5, 5.41) is 0. The molecule has 0 saturated carbocycles. The van der Waals surface area contributed by atoms with Crippen molar-refractivity contribution in [3.8, 4) is 0 Å². The fourth-order valence-corrected chi connectivity index (χ4v) is 1.05. The summed E-state index contributed by atoms with van der Waals surface area (Å²) in [6.07, 6.45) is 6.01. The third kappa shape index (κ3) is 0.856. The SMILES string of the molecule is [c]1ncccc1N1CCC1. The predicted octanol–water partition coefficient (Wildman–Crippen LogP) is 1.09. The van der Waals surface area contributed by atoms with Gasteiger partial charge in [-0.1, -0.05) is 0 Å². The predicted molar refractivity (Wildman–Crippen MR) is 39.9 cm³/mol. The van der Waals surface area contributed by atoms with Crippen LogP contribution in [-0.4, -0.2) is 18.1 Å². The van der Waals surface area contributed by atoms with Gasteiger partial charge < -0.3 is 4.90 Å². The molecule has 1 aliphatic heterocycles. The van der Waals surface area contributed by atoms with Gasteiger partial charge in [0, 0.05) is 19.3 Å². The Morgan fingerprint density at radius 1 is 1.50 bits per heavy atom. The van der Waals surface area contributed by atoms with Crippen LogP contribution in [0, 0.1) is 6.20 Å². The molecule has 2 nitrogen and oxygen atoms in total. The van der Waals surface area contributed by atoms with Crippen LogP contribution in [0.4, 0.5) is 5.69 Å². The van der Waals surface area contributed by atoms with Gasteiger partial charge in [0.15, 0.2) is 0 Å². The van der Waals surface area contributed by atoms with Gasteiger partial charge in [0.25, 0.3) is 0 Å². The lowest BCUT2D eigenvalue weighted by molar-refractivity contribution is 0.616. The van der Waals surface area contributed by atoms with Crippen LogP contribution < -0.4 is 4.90 Å². The van der Waals surface area contributed by atoms with Gasteiger partial charge in [0.2, 0.25) is 0 Å². The second-order valence-electron chi connectivity index (χ2n) is 2.47. The number of anilines is 1. The minimum Gasteiger partial charge on any atom is -0.370 e. The first-order valence-corrected chi connectivity index (χ1v) is 3.54. The van der Waals surface area contributed by atoms with E-state index in [4.69, 9.17) is 0 Å². The molecule has 2 heteroatoms. The summed E-state index contributed by atoms with van der Waals surface area (Å²) >= 11 is 0. The monoisotopic (exact) mass is 133 g/mol. The highest BCUT2D eigenvalue weighted by atomic mass is 15.2.